The molecule has 0 aromatic heterocycles. The number of likely N-dealkylation sites (N-methyl/N-ethyl adjacent to an activating group) is 1. The van der Waals surface area contributed by atoms with Crippen molar-refractivity contribution in [2.45, 2.75) is 38.3 Å². The van der Waals surface area contributed by atoms with Gasteiger partial charge in [0.15, 0.2) is 0 Å². The second-order valence-electron chi connectivity index (χ2n) is 4.46. The van der Waals surface area contributed by atoms with Crippen LogP contribution in [0.5, 0.6) is 0 Å². The van der Waals surface area contributed by atoms with Gasteiger partial charge in [0, 0.05) is 13.7 Å². The minimum Gasteiger partial charge on any atom is -0.379 e. The Morgan fingerprint density at radius 2 is 1.93 bits per heavy atom. The standard InChI is InChI=1S/C11H22N2O2/c1-10(2,14-5)6-7-15-9-11(3,8-12)13-4/h13H,6-7,9H2,1-5H3. The molecule has 0 aromatic rings. The van der Waals surface area contributed by atoms with Crippen LogP contribution in [-0.2, 0) is 9.47 Å². The topological polar surface area (TPSA) is 54.3 Å². The Hall–Kier alpha value is -0.630. The third kappa shape index (κ3) is 5.73. The zero-order chi connectivity index (χ0) is 11.9. The molecule has 4 heteroatoms. The molecule has 1 atom stereocenters. The fourth-order valence-electron chi connectivity index (χ4n) is 0.857. The number of ether oxygens (including phenoxy) is 2. The highest BCUT2D eigenvalue weighted by atomic mass is 16.5. The van der Waals surface area contributed by atoms with Gasteiger partial charge in [-0.25, -0.2) is 0 Å². The summed E-state index contributed by atoms with van der Waals surface area (Å²) in [6, 6.07) is 2.17. The molecule has 4 nitrogen and oxygen atoms in total. The number of nitriles is 1. The van der Waals surface area contributed by atoms with Crippen LogP contribution in [0.4, 0.5) is 0 Å². The van der Waals surface area contributed by atoms with Gasteiger partial charge in [-0.2, -0.15) is 5.26 Å². The molecule has 1 unspecified atom stereocenters. The van der Waals surface area contributed by atoms with E-state index in [1.165, 1.54) is 0 Å². The molecule has 0 aliphatic carbocycles. The van der Waals surface area contributed by atoms with Crippen LogP contribution in [0.25, 0.3) is 0 Å². The molecule has 0 radical (unpaired) electrons. The van der Waals surface area contributed by atoms with Crippen LogP contribution in [0.15, 0.2) is 0 Å². The van der Waals surface area contributed by atoms with E-state index in [1.807, 2.05) is 20.8 Å². The van der Waals surface area contributed by atoms with Gasteiger partial charge in [-0.05, 0) is 34.2 Å². The first-order chi connectivity index (χ1) is 6.89. The molecule has 15 heavy (non-hydrogen) atoms. The van der Waals surface area contributed by atoms with E-state index in [0.717, 1.165) is 6.42 Å². The van der Waals surface area contributed by atoms with E-state index in [4.69, 9.17) is 14.7 Å². The fourth-order valence-corrected chi connectivity index (χ4v) is 0.857. The fraction of sp³-hybridized carbons (Fsp3) is 0.909. The van der Waals surface area contributed by atoms with Crippen molar-refractivity contribution in [3.63, 3.8) is 0 Å². The van der Waals surface area contributed by atoms with Crippen LogP contribution in [0.3, 0.4) is 0 Å². The van der Waals surface area contributed by atoms with E-state index in [1.54, 1.807) is 14.2 Å². The number of hydrogen-bond donors (Lipinski definition) is 1. The highest BCUT2D eigenvalue weighted by molar-refractivity contribution is 5.02. The van der Waals surface area contributed by atoms with Crippen molar-refractivity contribution in [1.29, 1.82) is 5.26 Å². The summed E-state index contributed by atoms with van der Waals surface area (Å²) in [5.74, 6) is 0. The van der Waals surface area contributed by atoms with Crippen molar-refractivity contribution in [3.05, 3.63) is 0 Å². The molecule has 0 aliphatic heterocycles. The second-order valence-corrected chi connectivity index (χ2v) is 4.46. The van der Waals surface area contributed by atoms with Crippen molar-refractivity contribution >= 4 is 0 Å². The SMILES string of the molecule is CNC(C)(C#N)COCCC(C)(C)OC. The Morgan fingerprint density at radius 3 is 2.33 bits per heavy atom. The summed E-state index contributed by atoms with van der Waals surface area (Å²) in [6.45, 7) is 6.82. The van der Waals surface area contributed by atoms with Gasteiger partial charge in [0.2, 0.25) is 0 Å². The molecule has 0 rings (SSSR count). The van der Waals surface area contributed by atoms with Crippen molar-refractivity contribution in [2.75, 3.05) is 27.4 Å². The molecule has 0 fully saturated rings. The summed E-state index contributed by atoms with van der Waals surface area (Å²) in [4.78, 5) is 0. The maximum absolute atomic E-state index is 8.87. The summed E-state index contributed by atoms with van der Waals surface area (Å²) in [7, 11) is 3.44. The molecule has 0 saturated heterocycles. The highest BCUT2D eigenvalue weighted by Gasteiger charge is 2.22. The molecule has 0 spiro atoms. The zero-order valence-corrected chi connectivity index (χ0v) is 10.4. The Balaban J connectivity index is 3.77. The van der Waals surface area contributed by atoms with Crippen LogP contribution in [0.1, 0.15) is 27.2 Å². The molecule has 0 saturated carbocycles. The maximum Gasteiger partial charge on any atom is 0.127 e. The Morgan fingerprint density at radius 1 is 1.33 bits per heavy atom. The average molecular weight is 214 g/mol. The van der Waals surface area contributed by atoms with E-state index in [2.05, 4.69) is 11.4 Å². The largest absolute Gasteiger partial charge is 0.379 e. The third-order valence-electron chi connectivity index (χ3n) is 2.59. The van der Waals surface area contributed by atoms with Crippen LogP contribution in [0.2, 0.25) is 0 Å². The Bertz CT molecular complexity index is 223. The van der Waals surface area contributed by atoms with Gasteiger partial charge in [0.25, 0.3) is 0 Å². The summed E-state index contributed by atoms with van der Waals surface area (Å²) >= 11 is 0. The molecule has 0 heterocycles. The van der Waals surface area contributed by atoms with E-state index < -0.39 is 5.54 Å². The first kappa shape index (κ1) is 14.4. The lowest BCUT2D eigenvalue weighted by atomic mass is 10.1. The lowest BCUT2D eigenvalue weighted by molar-refractivity contribution is -0.0143. The summed E-state index contributed by atoms with van der Waals surface area (Å²) in [5.41, 5.74) is -0.764. The van der Waals surface area contributed by atoms with Gasteiger partial charge in [0.1, 0.15) is 5.54 Å². The summed E-state index contributed by atoms with van der Waals surface area (Å²) in [6.07, 6.45) is 0.814. The third-order valence-corrected chi connectivity index (χ3v) is 2.59. The number of nitrogens with zero attached hydrogens (tertiary/aromatic N) is 1. The molecule has 1 N–H and O–H groups in total. The number of hydrogen-bond acceptors (Lipinski definition) is 4. The number of rotatable bonds is 7. The highest BCUT2D eigenvalue weighted by Crippen LogP contribution is 2.13. The van der Waals surface area contributed by atoms with Gasteiger partial charge >= 0.3 is 0 Å². The average Bonchev–Trinajstić information content (AvgIpc) is 2.24. The van der Waals surface area contributed by atoms with Crippen molar-refractivity contribution in [3.8, 4) is 6.07 Å². The molecule has 0 aromatic carbocycles. The molecule has 0 amide bonds. The van der Waals surface area contributed by atoms with Gasteiger partial charge in [-0.15, -0.1) is 0 Å². The smallest absolute Gasteiger partial charge is 0.127 e. The van der Waals surface area contributed by atoms with E-state index >= 15 is 0 Å². The molecule has 0 aliphatic rings. The molecular formula is C11H22N2O2. The summed E-state index contributed by atoms with van der Waals surface area (Å²) < 4.78 is 10.7. The van der Waals surface area contributed by atoms with E-state index in [0.29, 0.717) is 13.2 Å². The van der Waals surface area contributed by atoms with Gasteiger partial charge in [-0.3, -0.25) is 0 Å². The van der Waals surface area contributed by atoms with E-state index in [-0.39, 0.29) is 5.60 Å². The first-order valence-electron chi connectivity index (χ1n) is 5.12. The Labute approximate surface area is 92.6 Å². The minimum atomic E-state index is -0.600. The second kappa shape index (κ2) is 6.06. The quantitative estimate of drug-likeness (QED) is 0.649. The van der Waals surface area contributed by atoms with Gasteiger partial charge in [0.05, 0.1) is 18.3 Å². The number of methoxy groups -OCH3 is 1. The monoisotopic (exact) mass is 214 g/mol. The van der Waals surface area contributed by atoms with E-state index in [9.17, 15) is 0 Å². The van der Waals surface area contributed by atoms with Gasteiger partial charge in [-0.1, -0.05) is 0 Å². The van der Waals surface area contributed by atoms with Gasteiger partial charge < -0.3 is 14.8 Å². The molecule has 0 bridgehead atoms. The van der Waals surface area contributed by atoms with Crippen LogP contribution < -0.4 is 5.32 Å². The minimum absolute atomic E-state index is 0.164. The van der Waals surface area contributed by atoms with Crippen molar-refractivity contribution in [1.82, 2.24) is 5.32 Å². The van der Waals surface area contributed by atoms with Crippen LogP contribution in [0, 0.1) is 11.3 Å². The normalized spacial score (nSPS) is 15.7. The summed E-state index contributed by atoms with van der Waals surface area (Å²) in [5, 5.41) is 11.8. The predicted molar refractivity (Wildman–Crippen MR) is 59.6 cm³/mol. The van der Waals surface area contributed by atoms with Crippen LogP contribution in [-0.4, -0.2) is 38.5 Å². The molecule has 88 valence electrons. The zero-order valence-electron chi connectivity index (χ0n) is 10.4. The first-order valence-corrected chi connectivity index (χ1v) is 5.12. The van der Waals surface area contributed by atoms with Crippen molar-refractivity contribution < 1.29 is 9.47 Å². The maximum atomic E-state index is 8.87. The number of nitrogens with one attached hydrogen (secondary N) is 1. The predicted octanol–water partition coefficient (Wildman–Crippen LogP) is 1.32. The van der Waals surface area contributed by atoms with Crippen LogP contribution >= 0.6 is 0 Å². The molecular weight excluding hydrogens is 192 g/mol. The Kier molecular flexibility index (Phi) is 5.81. The lowest BCUT2D eigenvalue weighted by Crippen LogP contribution is -2.43. The van der Waals surface area contributed by atoms with Crippen molar-refractivity contribution in [2.24, 2.45) is 0 Å². The lowest BCUT2D eigenvalue weighted by Gasteiger charge is -2.24.